The van der Waals surface area contributed by atoms with Gasteiger partial charge in [-0.2, -0.15) is 0 Å². The number of thiophene rings is 1. The number of furan rings is 1. The fourth-order valence-electron chi connectivity index (χ4n) is 1.41. The third kappa shape index (κ3) is 1.72. The molecule has 2 rings (SSSR count). The number of rotatable bonds is 3. The highest BCUT2D eigenvalue weighted by atomic mass is 32.1. The first-order chi connectivity index (χ1) is 6.81. The molecule has 4 heteroatoms. The zero-order valence-corrected chi connectivity index (χ0v) is 8.67. The average Bonchev–Trinajstić information content (AvgIpc) is 2.79. The minimum absolute atomic E-state index is 0.0347. The van der Waals surface area contributed by atoms with Gasteiger partial charge in [-0.1, -0.05) is 6.07 Å². The van der Waals surface area contributed by atoms with Gasteiger partial charge in [0.1, 0.15) is 5.76 Å². The van der Waals surface area contributed by atoms with Crippen LogP contribution in [0.15, 0.2) is 34.3 Å². The zero-order chi connectivity index (χ0) is 9.97. The van der Waals surface area contributed by atoms with Gasteiger partial charge in [0.15, 0.2) is 0 Å². The lowest BCUT2D eigenvalue weighted by molar-refractivity contribution is 0.526. The second-order valence-electron chi connectivity index (χ2n) is 3.11. The molecule has 0 saturated carbocycles. The van der Waals surface area contributed by atoms with Crippen LogP contribution in [0.4, 0.5) is 0 Å². The van der Waals surface area contributed by atoms with Crippen molar-refractivity contribution in [2.24, 2.45) is 5.84 Å². The van der Waals surface area contributed by atoms with Crippen LogP contribution < -0.4 is 11.3 Å². The largest absolute Gasteiger partial charge is 0.469 e. The van der Waals surface area contributed by atoms with E-state index in [4.69, 9.17) is 10.3 Å². The molecule has 0 fully saturated rings. The molecule has 14 heavy (non-hydrogen) atoms. The molecule has 0 amide bonds. The highest BCUT2D eigenvalue weighted by molar-refractivity contribution is 7.10. The molecule has 0 spiro atoms. The van der Waals surface area contributed by atoms with Crippen LogP contribution in [0.25, 0.3) is 0 Å². The maximum atomic E-state index is 5.52. The quantitative estimate of drug-likeness (QED) is 0.600. The Balaban J connectivity index is 2.31. The van der Waals surface area contributed by atoms with E-state index in [-0.39, 0.29) is 6.04 Å². The summed E-state index contributed by atoms with van der Waals surface area (Å²) in [6, 6.07) is 6.09. The van der Waals surface area contributed by atoms with Gasteiger partial charge in [0.25, 0.3) is 0 Å². The monoisotopic (exact) mass is 208 g/mol. The maximum Gasteiger partial charge on any atom is 0.101 e. The Labute approximate surface area is 86.5 Å². The Bertz CT molecular complexity index is 394. The molecule has 0 aliphatic rings. The van der Waals surface area contributed by atoms with Crippen LogP contribution in [-0.2, 0) is 0 Å². The molecule has 2 aromatic heterocycles. The van der Waals surface area contributed by atoms with E-state index in [1.807, 2.05) is 24.4 Å². The van der Waals surface area contributed by atoms with Crippen LogP contribution >= 0.6 is 11.3 Å². The second-order valence-corrected chi connectivity index (χ2v) is 4.09. The molecule has 0 aliphatic heterocycles. The minimum Gasteiger partial charge on any atom is -0.469 e. The highest BCUT2D eigenvalue weighted by Crippen LogP contribution is 2.26. The SMILES string of the molecule is Cc1cc(C(NN)c2cccs2)co1. The van der Waals surface area contributed by atoms with Crippen molar-refractivity contribution in [2.75, 3.05) is 0 Å². The molecule has 3 nitrogen and oxygen atoms in total. The molecule has 0 aliphatic carbocycles. The topological polar surface area (TPSA) is 51.2 Å². The van der Waals surface area contributed by atoms with Gasteiger partial charge < -0.3 is 4.42 Å². The smallest absolute Gasteiger partial charge is 0.101 e. The third-order valence-corrected chi connectivity index (χ3v) is 3.02. The fraction of sp³-hybridized carbons (Fsp3) is 0.200. The summed E-state index contributed by atoms with van der Waals surface area (Å²) in [4.78, 5) is 1.19. The summed E-state index contributed by atoms with van der Waals surface area (Å²) in [6.07, 6.45) is 1.74. The Kier molecular flexibility index (Phi) is 2.67. The van der Waals surface area contributed by atoms with Gasteiger partial charge in [0.05, 0.1) is 12.3 Å². The van der Waals surface area contributed by atoms with Crippen molar-refractivity contribution >= 4 is 11.3 Å². The number of aryl methyl sites for hydroxylation is 1. The van der Waals surface area contributed by atoms with Gasteiger partial charge in [0.2, 0.25) is 0 Å². The predicted molar refractivity (Wildman–Crippen MR) is 56.9 cm³/mol. The lowest BCUT2D eigenvalue weighted by atomic mass is 10.1. The molecular formula is C10H12N2OS. The molecule has 0 saturated heterocycles. The van der Waals surface area contributed by atoms with Crippen LogP contribution in [0.2, 0.25) is 0 Å². The zero-order valence-electron chi connectivity index (χ0n) is 7.86. The van der Waals surface area contributed by atoms with Crippen LogP contribution in [0.3, 0.4) is 0 Å². The van der Waals surface area contributed by atoms with Gasteiger partial charge in [-0.3, -0.25) is 5.84 Å². The number of hydrogen-bond donors (Lipinski definition) is 2. The summed E-state index contributed by atoms with van der Waals surface area (Å²) in [6.45, 7) is 1.92. The third-order valence-electron chi connectivity index (χ3n) is 2.08. The summed E-state index contributed by atoms with van der Waals surface area (Å²) in [5, 5.41) is 2.03. The molecule has 0 radical (unpaired) electrons. The van der Waals surface area contributed by atoms with E-state index in [0.29, 0.717) is 0 Å². The van der Waals surface area contributed by atoms with Gasteiger partial charge in [-0.15, -0.1) is 11.3 Å². The molecule has 3 N–H and O–H groups in total. The first-order valence-electron chi connectivity index (χ1n) is 4.36. The molecule has 2 aromatic rings. The Morgan fingerprint density at radius 1 is 1.57 bits per heavy atom. The van der Waals surface area contributed by atoms with Gasteiger partial charge in [-0.05, 0) is 24.4 Å². The normalized spacial score (nSPS) is 13.0. The first-order valence-corrected chi connectivity index (χ1v) is 5.24. The van der Waals surface area contributed by atoms with Crippen molar-refractivity contribution in [1.29, 1.82) is 0 Å². The van der Waals surface area contributed by atoms with E-state index < -0.39 is 0 Å². The van der Waals surface area contributed by atoms with Gasteiger partial charge in [0, 0.05) is 10.4 Å². The van der Waals surface area contributed by atoms with Crippen molar-refractivity contribution < 1.29 is 4.42 Å². The standard InChI is InChI=1S/C10H12N2OS/c1-7-5-8(6-13-7)10(12-11)9-3-2-4-14-9/h2-6,10,12H,11H2,1H3. The van der Waals surface area contributed by atoms with Crippen molar-refractivity contribution in [3.63, 3.8) is 0 Å². The summed E-state index contributed by atoms with van der Waals surface area (Å²) in [5.41, 5.74) is 3.85. The number of nitrogens with two attached hydrogens (primary N) is 1. The van der Waals surface area contributed by atoms with E-state index in [1.165, 1.54) is 4.88 Å². The fourth-order valence-corrected chi connectivity index (χ4v) is 2.22. The summed E-state index contributed by atoms with van der Waals surface area (Å²) >= 11 is 1.68. The maximum absolute atomic E-state index is 5.52. The Hall–Kier alpha value is -1.10. The Morgan fingerprint density at radius 3 is 2.93 bits per heavy atom. The van der Waals surface area contributed by atoms with Gasteiger partial charge >= 0.3 is 0 Å². The minimum atomic E-state index is 0.0347. The van der Waals surface area contributed by atoms with Crippen molar-refractivity contribution in [3.8, 4) is 0 Å². The lowest BCUT2D eigenvalue weighted by Crippen LogP contribution is -2.27. The number of hydrogen-bond acceptors (Lipinski definition) is 4. The Morgan fingerprint density at radius 2 is 2.43 bits per heavy atom. The van der Waals surface area contributed by atoms with Crippen LogP contribution in [0.1, 0.15) is 22.2 Å². The van der Waals surface area contributed by atoms with Gasteiger partial charge in [-0.25, -0.2) is 5.43 Å². The predicted octanol–water partition coefficient (Wildman–Crippen LogP) is 2.20. The number of nitrogens with one attached hydrogen (secondary N) is 1. The van der Waals surface area contributed by atoms with E-state index >= 15 is 0 Å². The van der Waals surface area contributed by atoms with E-state index in [2.05, 4.69) is 11.5 Å². The molecule has 0 aromatic carbocycles. The summed E-state index contributed by atoms with van der Waals surface area (Å²) < 4.78 is 5.25. The van der Waals surface area contributed by atoms with Crippen LogP contribution in [0, 0.1) is 6.92 Å². The first kappa shape index (κ1) is 9.45. The molecular weight excluding hydrogens is 196 g/mol. The average molecular weight is 208 g/mol. The number of hydrazine groups is 1. The van der Waals surface area contributed by atoms with E-state index in [0.717, 1.165) is 11.3 Å². The molecule has 2 heterocycles. The molecule has 0 bridgehead atoms. The van der Waals surface area contributed by atoms with Crippen LogP contribution in [0.5, 0.6) is 0 Å². The van der Waals surface area contributed by atoms with Crippen molar-refractivity contribution in [1.82, 2.24) is 5.43 Å². The van der Waals surface area contributed by atoms with Crippen LogP contribution in [-0.4, -0.2) is 0 Å². The van der Waals surface area contributed by atoms with Crippen molar-refractivity contribution in [3.05, 3.63) is 46.0 Å². The molecule has 1 unspecified atom stereocenters. The summed E-state index contributed by atoms with van der Waals surface area (Å²) in [5.74, 6) is 6.42. The summed E-state index contributed by atoms with van der Waals surface area (Å²) in [7, 11) is 0. The van der Waals surface area contributed by atoms with E-state index in [9.17, 15) is 0 Å². The highest BCUT2D eigenvalue weighted by Gasteiger charge is 2.14. The van der Waals surface area contributed by atoms with Crippen molar-refractivity contribution in [2.45, 2.75) is 13.0 Å². The molecule has 74 valence electrons. The second kappa shape index (κ2) is 3.96. The molecule has 1 atom stereocenters. The lowest BCUT2D eigenvalue weighted by Gasteiger charge is -2.11. The van der Waals surface area contributed by atoms with E-state index in [1.54, 1.807) is 17.6 Å².